The number of carbonyl (C=O) groups excluding carboxylic acids is 2. The molecular formula is C30H52O5. The Kier molecular flexibility index (Phi) is 14.0. The van der Waals surface area contributed by atoms with Gasteiger partial charge in [0.05, 0.1) is 19.8 Å². The summed E-state index contributed by atoms with van der Waals surface area (Å²) >= 11 is 0. The van der Waals surface area contributed by atoms with Crippen LogP contribution in [0.25, 0.3) is 0 Å². The van der Waals surface area contributed by atoms with Crippen LogP contribution >= 0.6 is 0 Å². The van der Waals surface area contributed by atoms with Crippen LogP contribution in [0.3, 0.4) is 0 Å². The van der Waals surface area contributed by atoms with Gasteiger partial charge >= 0.3 is 11.9 Å². The monoisotopic (exact) mass is 492 g/mol. The summed E-state index contributed by atoms with van der Waals surface area (Å²) in [5.41, 5.74) is -1.63. The fourth-order valence-corrected chi connectivity index (χ4v) is 5.27. The van der Waals surface area contributed by atoms with Crippen molar-refractivity contribution in [3.8, 4) is 0 Å². The first kappa shape index (κ1) is 29.9. The molecule has 0 aromatic rings. The largest absolute Gasteiger partial charge is 0.463 e. The van der Waals surface area contributed by atoms with Crippen molar-refractivity contribution in [2.75, 3.05) is 19.8 Å². The number of ether oxygens (including phenoxy) is 3. The van der Waals surface area contributed by atoms with E-state index in [4.69, 9.17) is 14.2 Å². The molecule has 1 fully saturated rings. The van der Waals surface area contributed by atoms with Crippen molar-refractivity contribution in [1.29, 1.82) is 0 Å². The SMILES string of the molecule is CC(C)CCCCCCCOC(=O)C1(C(=O)OCCCCCCCC(C)C)OCC2CCC=CC21. The minimum absolute atomic E-state index is 0.169. The molecular weight excluding hydrogens is 440 g/mol. The van der Waals surface area contributed by atoms with Gasteiger partial charge in [-0.1, -0.05) is 104 Å². The van der Waals surface area contributed by atoms with Gasteiger partial charge in [-0.05, 0) is 43.4 Å². The summed E-state index contributed by atoms with van der Waals surface area (Å²) in [7, 11) is 0. The van der Waals surface area contributed by atoms with Crippen LogP contribution in [0.4, 0.5) is 0 Å². The summed E-state index contributed by atoms with van der Waals surface area (Å²) in [6, 6.07) is 0. The molecule has 2 aliphatic rings. The van der Waals surface area contributed by atoms with E-state index in [1.807, 2.05) is 6.08 Å². The number of fused-ring (bicyclic) bond motifs is 1. The van der Waals surface area contributed by atoms with Crippen LogP contribution in [0, 0.1) is 23.7 Å². The molecule has 1 saturated heterocycles. The van der Waals surface area contributed by atoms with Crippen molar-refractivity contribution in [2.24, 2.45) is 23.7 Å². The van der Waals surface area contributed by atoms with E-state index >= 15 is 0 Å². The maximum absolute atomic E-state index is 13.3. The molecule has 5 heteroatoms. The predicted octanol–water partition coefficient (Wildman–Crippen LogP) is 7.42. The van der Waals surface area contributed by atoms with Crippen LogP contribution in [0.15, 0.2) is 12.2 Å². The van der Waals surface area contributed by atoms with Crippen LogP contribution in [0.5, 0.6) is 0 Å². The van der Waals surface area contributed by atoms with Crippen LogP contribution in [-0.2, 0) is 23.8 Å². The Hall–Kier alpha value is -1.36. The summed E-state index contributed by atoms with van der Waals surface area (Å²) in [4.78, 5) is 26.5. The molecule has 0 radical (unpaired) electrons. The topological polar surface area (TPSA) is 61.8 Å². The molecule has 0 saturated carbocycles. The molecule has 35 heavy (non-hydrogen) atoms. The normalized spacial score (nSPS) is 20.9. The molecule has 0 aromatic carbocycles. The van der Waals surface area contributed by atoms with Gasteiger partial charge in [0.2, 0.25) is 0 Å². The van der Waals surface area contributed by atoms with Crippen LogP contribution in [-0.4, -0.2) is 37.4 Å². The first-order valence-corrected chi connectivity index (χ1v) is 14.5. The van der Waals surface area contributed by atoms with Crippen molar-refractivity contribution in [3.63, 3.8) is 0 Å². The fraction of sp³-hybridized carbons (Fsp3) is 0.867. The van der Waals surface area contributed by atoms with E-state index in [2.05, 4.69) is 33.8 Å². The predicted molar refractivity (Wildman–Crippen MR) is 141 cm³/mol. The van der Waals surface area contributed by atoms with Gasteiger partial charge in [-0.3, -0.25) is 0 Å². The lowest BCUT2D eigenvalue weighted by Gasteiger charge is -2.31. The van der Waals surface area contributed by atoms with Gasteiger partial charge in [0, 0.05) is 5.92 Å². The van der Waals surface area contributed by atoms with Gasteiger partial charge in [-0.25, -0.2) is 9.59 Å². The second kappa shape index (κ2) is 16.4. The number of allylic oxidation sites excluding steroid dienone is 1. The summed E-state index contributed by atoms with van der Waals surface area (Å²) in [6.45, 7) is 10.1. The Bertz CT molecular complexity index is 603. The zero-order valence-corrected chi connectivity index (χ0v) is 23.0. The lowest BCUT2D eigenvalue weighted by atomic mass is 9.76. The molecule has 0 spiro atoms. The highest BCUT2D eigenvalue weighted by molar-refractivity contribution is 6.04. The Morgan fingerprint density at radius 3 is 1.80 bits per heavy atom. The Labute approximate surface area is 214 Å². The highest BCUT2D eigenvalue weighted by Gasteiger charge is 2.62. The summed E-state index contributed by atoms with van der Waals surface area (Å²) < 4.78 is 17.2. The van der Waals surface area contributed by atoms with Crippen molar-refractivity contribution >= 4 is 11.9 Å². The smallest absolute Gasteiger partial charge is 0.350 e. The number of hydrogen-bond acceptors (Lipinski definition) is 5. The van der Waals surface area contributed by atoms with Crippen molar-refractivity contribution in [3.05, 3.63) is 12.2 Å². The van der Waals surface area contributed by atoms with Crippen molar-refractivity contribution in [2.45, 2.75) is 123 Å². The van der Waals surface area contributed by atoms with Gasteiger partial charge in [-0.2, -0.15) is 0 Å². The molecule has 1 heterocycles. The first-order chi connectivity index (χ1) is 16.9. The number of carbonyl (C=O) groups is 2. The third-order valence-corrected chi connectivity index (χ3v) is 7.47. The van der Waals surface area contributed by atoms with E-state index in [0.29, 0.717) is 19.8 Å². The second-order valence-corrected chi connectivity index (χ2v) is 11.5. The van der Waals surface area contributed by atoms with Gasteiger partial charge < -0.3 is 14.2 Å². The molecule has 0 amide bonds. The average Bonchev–Trinajstić information content (AvgIpc) is 3.22. The van der Waals surface area contributed by atoms with Crippen molar-refractivity contribution in [1.82, 2.24) is 0 Å². The van der Waals surface area contributed by atoms with E-state index in [9.17, 15) is 9.59 Å². The molecule has 5 nitrogen and oxygen atoms in total. The second-order valence-electron chi connectivity index (χ2n) is 11.5. The van der Waals surface area contributed by atoms with E-state index < -0.39 is 17.5 Å². The highest BCUT2D eigenvalue weighted by atomic mass is 16.6. The fourth-order valence-electron chi connectivity index (χ4n) is 5.27. The number of esters is 2. The minimum atomic E-state index is -1.63. The molecule has 2 unspecified atom stereocenters. The van der Waals surface area contributed by atoms with E-state index in [-0.39, 0.29) is 11.8 Å². The van der Waals surface area contributed by atoms with Crippen molar-refractivity contribution < 1.29 is 23.8 Å². The maximum Gasteiger partial charge on any atom is 0.350 e. The average molecular weight is 493 g/mol. The lowest BCUT2D eigenvalue weighted by Crippen LogP contribution is -2.53. The van der Waals surface area contributed by atoms with Crippen LogP contribution < -0.4 is 0 Å². The first-order valence-electron chi connectivity index (χ1n) is 14.5. The van der Waals surface area contributed by atoms with Crippen LogP contribution in [0.2, 0.25) is 0 Å². The molecule has 202 valence electrons. The molecule has 0 N–H and O–H groups in total. The summed E-state index contributed by atoms with van der Waals surface area (Å²) in [6.07, 6.45) is 19.4. The van der Waals surface area contributed by atoms with Gasteiger partial charge in [0.15, 0.2) is 0 Å². The zero-order valence-electron chi connectivity index (χ0n) is 23.0. The molecule has 1 aliphatic carbocycles. The van der Waals surface area contributed by atoms with E-state index in [1.54, 1.807) is 0 Å². The molecule has 0 bridgehead atoms. The number of unbranched alkanes of at least 4 members (excludes halogenated alkanes) is 8. The Morgan fingerprint density at radius 1 is 0.800 bits per heavy atom. The molecule has 2 atom stereocenters. The lowest BCUT2D eigenvalue weighted by molar-refractivity contribution is -0.188. The summed E-state index contributed by atoms with van der Waals surface area (Å²) in [5, 5.41) is 0. The maximum atomic E-state index is 13.3. The Morgan fingerprint density at radius 2 is 1.29 bits per heavy atom. The third-order valence-electron chi connectivity index (χ3n) is 7.47. The quantitative estimate of drug-likeness (QED) is 0.0862. The van der Waals surface area contributed by atoms with Crippen LogP contribution in [0.1, 0.15) is 118 Å². The Balaban J connectivity index is 1.79. The zero-order chi connectivity index (χ0) is 25.5. The summed E-state index contributed by atoms with van der Waals surface area (Å²) in [5.74, 6) is 0.270. The standard InChI is InChI=1S/C30H52O5/c1-24(2)17-11-7-5-9-15-21-33-28(31)30(27-20-14-13-19-26(27)23-35-30)29(32)34-22-16-10-6-8-12-18-25(3)4/h14,20,24-27H,5-13,15-19,21-23H2,1-4H3. The minimum Gasteiger partial charge on any atom is -0.463 e. The highest BCUT2D eigenvalue weighted by Crippen LogP contribution is 2.44. The van der Waals surface area contributed by atoms with E-state index in [0.717, 1.165) is 63.2 Å². The number of hydrogen-bond donors (Lipinski definition) is 0. The van der Waals surface area contributed by atoms with Gasteiger partial charge in [-0.15, -0.1) is 0 Å². The molecule has 1 aliphatic heterocycles. The molecule has 2 rings (SSSR count). The van der Waals surface area contributed by atoms with Gasteiger partial charge in [0.1, 0.15) is 0 Å². The van der Waals surface area contributed by atoms with Gasteiger partial charge in [0.25, 0.3) is 5.60 Å². The van der Waals surface area contributed by atoms with E-state index in [1.165, 1.54) is 38.5 Å². The molecule has 0 aromatic heterocycles. The number of rotatable bonds is 18. The third kappa shape index (κ3) is 9.90.